The highest BCUT2D eigenvalue weighted by Gasteiger charge is 2.10. The van der Waals surface area contributed by atoms with Crippen LogP contribution in [0.1, 0.15) is 32.1 Å². The summed E-state index contributed by atoms with van der Waals surface area (Å²) < 4.78 is 5.19. The quantitative estimate of drug-likeness (QED) is 0.517. The number of rotatable bonds is 1. The van der Waals surface area contributed by atoms with Gasteiger partial charge in [-0.1, -0.05) is 19.3 Å². The van der Waals surface area contributed by atoms with Gasteiger partial charge in [-0.2, -0.15) is 9.90 Å². The molecule has 2 heteroatoms. The predicted octanol–water partition coefficient (Wildman–Crippen LogP) is 2.02. The SMILES string of the molecule is COC1CCCCC1.P. The Morgan fingerprint density at radius 2 is 1.67 bits per heavy atom. The molecule has 0 saturated heterocycles. The van der Waals surface area contributed by atoms with Crippen LogP contribution in [0.2, 0.25) is 0 Å². The van der Waals surface area contributed by atoms with Crippen molar-refractivity contribution in [2.45, 2.75) is 38.2 Å². The number of methoxy groups -OCH3 is 1. The predicted molar refractivity (Wildman–Crippen MR) is 45.0 cm³/mol. The van der Waals surface area contributed by atoms with Gasteiger partial charge in [-0.15, -0.1) is 0 Å². The van der Waals surface area contributed by atoms with Crippen molar-refractivity contribution >= 4 is 9.90 Å². The number of hydrogen-bond donors (Lipinski definition) is 0. The smallest absolute Gasteiger partial charge is 0.0571 e. The molecular weight excluding hydrogens is 131 g/mol. The molecule has 0 aromatic carbocycles. The van der Waals surface area contributed by atoms with Crippen molar-refractivity contribution in [2.24, 2.45) is 0 Å². The standard InChI is InChI=1S/C7H14O.H3P/c1-8-7-5-3-2-4-6-7;/h7H,2-6H2,1H3;1H3. The maximum atomic E-state index is 5.19. The molecule has 0 N–H and O–H groups in total. The van der Waals surface area contributed by atoms with Crippen LogP contribution >= 0.6 is 9.90 Å². The Bertz CT molecular complexity index is 59.9. The molecule has 0 aliphatic heterocycles. The van der Waals surface area contributed by atoms with Crippen LogP contribution in [0.25, 0.3) is 0 Å². The topological polar surface area (TPSA) is 9.23 Å². The lowest BCUT2D eigenvalue weighted by atomic mass is 9.98. The molecule has 0 radical (unpaired) electrons. The molecule has 0 heterocycles. The van der Waals surface area contributed by atoms with Gasteiger partial charge in [0, 0.05) is 7.11 Å². The Morgan fingerprint density at radius 3 is 2.00 bits per heavy atom. The number of ether oxygens (including phenoxy) is 1. The van der Waals surface area contributed by atoms with Crippen LogP contribution in [0.4, 0.5) is 0 Å². The fraction of sp³-hybridized carbons (Fsp3) is 1.00. The molecule has 0 spiro atoms. The van der Waals surface area contributed by atoms with Gasteiger partial charge in [0.25, 0.3) is 0 Å². The lowest BCUT2D eigenvalue weighted by Crippen LogP contribution is -2.13. The lowest BCUT2D eigenvalue weighted by Gasteiger charge is -2.19. The summed E-state index contributed by atoms with van der Waals surface area (Å²) in [6.45, 7) is 0. The summed E-state index contributed by atoms with van der Waals surface area (Å²) in [6, 6.07) is 0. The highest BCUT2D eigenvalue weighted by molar-refractivity contribution is 6.92. The van der Waals surface area contributed by atoms with Crippen LogP contribution in [0.3, 0.4) is 0 Å². The minimum atomic E-state index is 0. The summed E-state index contributed by atoms with van der Waals surface area (Å²) in [5, 5.41) is 0. The van der Waals surface area contributed by atoms with Crippen molar-refractivity contribution in [3.05, 3.63) is 0 Å². The van der Waals surface area contributed by atoms with E-state index in [4.69, 9.17) is 4.74 Å². The van der Waals surface area contributed by atoms with E-state index in [9.17, 15) is 0 Å². The van der Waals surface area contributed by atoms with Crippen LogP contribution in [0, 0.1) is 0 Å². The van der Waals surface area contributed by atoms with Gasteiger partial charge < -0.3 is 4.74 Å². The van der Waals surface area contributed by atoms with E-state index in [-0.39, 0.29) is 9.90 Å². The van der Waals surface area contributed by atoms with Gasteiger partial charge in [0.15, 0.2) is 0 Å². The molecule has 0 bridgehead atoms. The Balaban J connectivity index is 0.000000640. The molecular formula is C7H17OP. The maximum Gasteiger partial charge on any atom is 0.0571 e. The number of hydrogen-bond acceptors (Lipinski definition) is 1. The first-order chi connectivity index (χ1) is 3.93. The highest BCUT2D eigenvalue weighted by Crippen LogP contribution is 2.18. The van der Waals surface area contributed by atoms with Gasteiger partial charge in [0.2, 0.25) is 0 Å². The van der Waals surface area contributed by atoms with Gasteiger partial charge in [-0.25, -0.2) is 0 Å². The third kappa shape index (κ3) is 3.17. The fourth-order valence-corrected chi connectivity index (χ4v) is 1.30. The van der Waals surface area contributed by atoms with Crippen LogP contribution in [-0.2, 0) is 4.74 Å². The second-order valence-corrected chi connectivity index (χ2v) is 2.50. The van der Waals surface area contributed by atoms with Crippen molar-refractivity contribution in [3.63, 3.8) is 0 Å². The second kappa shape index (κ2) is 5.20. The van der Waals surface area contributed by atoms with Crippen LogP contribution < -0.4 is 0 Å². The Labute approximate surface area is 60.8 Å². The summed E-state index contributed by atoms with van der Waals surface area (Å²) in [6.07, 6.45) is 7.33. The zero-order valence-electron chi connectivity index (χ0n) is 6.23. The van der Waals surface area contributed by atoms with E-state index in [1.165, 1.54) is 32.1 Å². The van der Waals surface area contributed by atoms with Gasteiger partial charge in [-0.3, -0.25) is 0 Å². The van der Waals surface area contributed by atoms with Crippen molar-refractivity contribution < 1.29 is 4.74 Å². The monoisotopic (exact) mass is 148 g/mol. The van der Waals surface area contributed by atoms with Gasteiger partial charge >= 0.3 is 0 Å². The summed E-state index contributed by atoms with van der Waals surface area (Å²) in [4.78, 5) is 0. The molecule has 9 heavy (non-hydrogen) atoms. The molecule has 1 aliphatic rings. The third-order valence-electron chi connectivity index (χ3n) is 1.89. The Hall–Kier alpha value is 0.390. The molecule has 56 valence electrons. The molecule has 1 atom stereocenters. The summed E-state index contributed by atoms with van der Waals surface area (Å²) in [5.41, 5.74) is 0. The largest absolute Gasteiger partial charge is 0.381 e. The zero-order chi connectivity index (χ0) is 5.82. The van der Waals surface area contributed by atoms with Crippen LogP contribution in [0.5, 0.6) is 0 Å². The third-order valence-corrected chi connectivity index (χ3v) is 1.89. The molecule has 0 aromatic rings. The Kier molecular flexibility index (Phi) is 5.42. The first kappa shape index (κ1) is 9.39. The molecule has 1 rings (SSSR count). The normalized spacial score (nSPS) is 21.0. The average molecular weight is 148 g/mol. The van der Waals surface area contributed by atoms with Gasteiger partial charge in [0.1, 0.15) is 0 Å². The van der Waals surface area contributed by atoms with E-state index < -0.39 is 0 Å². The minimum absolute atomic E-state index is 0. The van der Waals surface area contributed by atoms with Gasteiger partial charge in [0.05, 0.1) is 6.10 Å². The average Bonchev–Trinajstić information content (AvgIpc) is 1.90. The van der Waals surface area contributed by atoms with Crippen molar-refractivity contribution in [2.75, 3.05) is 7.11 Å². The van der Waals surface area contributed by atoms with Crippen molar-refractivity contribution in [1.82, 2.24) is 0 Å². The molecule has 1 fully saturated rings. The van der Waals surface area contributed by atoms with Crippen molar-refractivity contribution in [1.29, 1.82) is 0 Å². The van der Waals surface area contributed by atoms with E-state index in [0.29, 0.717) is 6.10 Å². The molecule has 1 unspecified atom stereocenters. The minimum Gasteiger partial charge on any atom is -0.381 e. The van der Waals surface area contributed by atoms with Gasteiger partial charge in [-0.05, 0) is 12.8 Å². The first-order valence-electron chi connectivity index (χ1n) is 3.46. The molecule has 1 aliphatic carbocycles. The Morgan fingerprint density at radius 1 is 1.11 bits per heavy atom. The van der Waals surface area contributed by atoms with E-state index in [0.717, 1.165) is 0 Å². The maximum absolute atomic E-state index is 5.19. The van der Waals surface area contributed by atoms with Crippen LogP contribution in [-0.4, -0.2) is 13.2 Å². The summed E-state index contributed by atoms with van der Waals surface area (Å²) in [5.74, 6) is 0. The summed E-state index contributed by atoms with van der Waals surface area (Å²) in [7, 11) is 1.82. The molecule has 0 aromatic heterocycles. The zero-order valence-corrected chi connectivity index (χ0v) is 7.64. The lowest BCUT2D eigenvalue weighted by molar-refractivity contribution is 0.0710. The molecule has 1 saturated carbocycles. The summed E-state index contributed by atoms with van der Waals surface area (Å²) >= 11 is 0. The van der Waals surface area contributed by atoms with Crippen molar-refractivity contribution in [3.8, 4) is 0 Å². The molecule has 1 nitrogen and oxygen atoms in total. The fourth-order valence-electron chi connectivity index (χ4n) is 1.30. The second-order valence-electron chi connectivity index (χ2n) is 2.50. The van der Waals surface area contributed by atoms with E-state index >= 15 is 0 Å². The van der Waals surface area contributed by atoms with E-state index in [1.54, 1.807) is 0 Å². The first-order valence-corrected chi connectivity index (χ1v) is 3.46. The highest BCUT2D eigenvalue weighted by atomic mass is 31.0. The van der Waals surface area contributed by atoms with E-state index in [1.807, 2.05) is 7.11 Å². The molecule has 0 amide bonds. The van der Waals surface area contributed by atoms with Crippen LogP contribution in [0.15, 0.2) is 0 Å². The van der Waals surface area contributed by atoms with E-state index in [2.05, 4.69) is 0 Å².